The highest BCUT2D eigenvalue weighted by Gasteiger charge is 2.15. The first-order valence-electron chi connectivity index (χ1n) is 10.2. The molecule has 7 nitrogen and oxygen atoms in total. The van der Waals surface area contributed by atoms with Crippen LogP contribution in [0.2, 0.25) is 0 Å². The molecule has 5 rings (SSSR count). The van der Waals surface area contributed by atoms with Crippen molar-refractivity contribution in [2.75, 3.05) is 14.2 Å². The van der Waals surface area contributed by atoms with Gasteiger partial charge in [0.25, 0.3) is 5.56 Å². The Hall–Kier alpha value is -4.13. The number of H-pyrrole nitrogens is 1. The standard InChI is InChI=1S/C25H21N3O4/c1-14(29)28-20-7-5-4-6-16(20)17-9-8-15(10-21(17)28)11-24-26-19-13-23(32-3)22(31-2)12-18(19)25(30)27-24/h4-10,12-13H,11H2,1-3H3,(H,26,27,30). The van der Waals surface area contributed by atoms with Gasteiger partial charge >= 0.3 is 0 Å². The van der Waals surface area contributed by atoms with Crippen LogP contribution in [-0.2, 0) is 6.42 Å². The summed E-state index contributed by atoms with van der Waals surface area (Å²) >= 11 is 0. The van der Waals surface area contributed by atoms with Crippen molar-refractivity contribution in [2.24, 2.45) is 0 Å². The van der Waals surface area contributed by atoms with Crippen molar-refractivity contribution in [3.63, 3.8) is 0 Å². The number of aromatic nitrogens is 3. The van der Waals surface area contributed by atoms with Gasteiger partial charge in [-0.1, -0.05) is 30.3 Å². The van der Waals surface area contributed by atoms with Gasteiger partial charge in [-0.05, 0) is 23.8 Å². The second kappa shape index (κ2) is 7.53. The highest BCUT2D eigenvalue weighted by atomic mass is 16.5. The number of nitrogens with one attached hydrogen (secondary N) is 1. The summed E-state index contributed by atoms with van der Waals surface area (Å²) in [5.74, 6) is 1.46. The minimum Gasteiger partial charge on any atom is -0.493 e. The van der Waals surface area contributed by atoms with Gasteiger partial charge in [0.15, 0.2) is 11.5 Å². The van der Waals surface area contributed by atoms with Crippen LogP contribution < -0.4 is 15.0 Å². The lowest BCUT2D eigenvalue weighted by molar-refractivity contribution is 0.0946. The van der Waals surface area contributed by atoms with E-state index >= 15 is 0 Å². The van der Waals surface area contributed by atoms with Gasteiger partial charge < -0.3 is 14.5 Å². The van der Waals surface area contributed by atoms with Crippen LogP contribution in [0.15, 0.2) is 59.4 Å². The molecule has 0 atom stereocenters. The topological polar surface area (TPSA) is 86.2 Å². The summed E-state index contributed by atoms with van der Waals surface area (Å²) in [6.45, 7) is 1.56. The van der Waals surface area contributed by atoms with Crippen LogP contribution >= 0.6 is 0 Å². The predicted molar refractivity (Wildman–Crippen MR) is 124 cm³/mol. The third kappa shape index (κ3) is 3.10. The molecule has 3 aromatic carbocycles. The normalized spacial score (nSPS) is 11.3. The van der Waals surface area contributed by atoms with Gasteiger partial charge in [-0.15, -0.1) is 0 Å². The number of rotatable bonds is 4. The summed E-state index contributed by atoms with van der Waals surface area (Å²) in [4.78, 5) is 32.6. The molecule has 7 heteroatoms. The van der Waals surface area contributed by atoms with E-state index in [4.69, 9.17) is 9.47 Å². The monoisotopic (exact) mass is 427 g/mol. The molecule has 160 valence electrons. The molecule has 0 amide bonds. The quantitative estimate of drug-likeness (QED) is 0.462. The number of carbonyl (C=O) groups is 1. The molecule has 5 aromatic rings. The number of benzene rings is 3. The molecule has 0 aliphatic rings. The molecule has 0 aliphatic carbocycles. The van der Waals surface area contributed by atoms with Gasteiger partial charge in [0.1, 0.15) is 5.82 Å². The smallest absolute Gasteiger partial charge is 0.258 e. The molecule has 0 bridgehead atoms. The summed E-state index contributed by atoms with van der Waals surface area (Å²) in [6, 6.07) is 17.2. The highest BCUT2D eigenvalue weighted by molar-refractivity contribution is 6.13. The Morgan fingerprint density at radius 1 is 0.938 bits per heavy atom. The van der Waals surface area contributed by atoms with E-state index in [0.29, 0.717) is 34.6 Å². The molecule has 2 aromatic heterocycles. The molecule has 2 heterocycles. The lowest BCUT2D eigenvalue weighted by Crippen LogP contribution is -2.12. The van der Waals surface area contributed by atoms with Crippen LogP contribution in [-0.4, -0.2) is 34.7 Å². The maximum atomic E-state index is 12.7. The zero-order valence-corrected chi connectivity index (χ0v) is 17.9. The van der Waals surface area contributed by atoms with Crippen LogP contribution in [0.25, 0.3) is 32.7 Å². The maximum absolute atomic E-state index is 12.7. The molecular weight excluding hydrogens is 406 g/mol. The molecule has 0 unspecified atom stereocenters. The number of hydrogen-bond donors (Lipinski definition) is 1. The summed E-state index contributed by atoms with van der Waals surface area (Å²) in [5, 5.41) is 2.47. The highest BCUT2D eigenvalue weighted by Crippen LogP contribution is 2.31. The van der Waals surface area contributed by atoms with E-state index < -0.39 is 0 Å². The summed E-state index contributed by atoms with van der Waals surface area (Å²) < 4.78 is 12.4. The Kier molecular flexibility index (Phi) is 4.66. The largest absolute Gasteiger partial charge is 0.493 e. The predicted octanol–water partition coefficient (Wildman–Crippen LogP) is 4.30. The summed E-state index contributed by atoms with van der Waals surface area (Å²) in [7, 11) is 3.07. The Labute approximate surface area is 183 Å². The average molecular weight is 427 g/mol. The number of nitrogens with zero attached hydrogens (tertiary/aromatic N) is 2. The van der Waals surface area contributed by atoms with E-state index in [-0.39, 0.29) is 11.5 Å². The molecule has 1 N–H and O–H groups in total. The van der Waals surface area contributed by atoms with E-state index in [1.54, 1.807) is 30.7 Å². The van der Waals surface area contributed by atoms with Crippen molar-refractivity contribution in [3.8, 4) is 11.5 Å². The number of para-hydroxylation sites is 1. The van der Waals surface area contributed by atoms with Gasteiger partial charge in [-0.25, -0.2) is 4.98 Å². The number of ether oxygens (including phenoxy) is 2. The SMILES string of the molecule is COc1cc2nc(Cc3ccc4c5ccccc5n(C(C)=O)c4c3)[nH]c(=O)c2cc1OC. The second-order valence-electron chi connectivity index (χ2n) is 7.64. The lowest BCUT2D eigenvalue weighted by atomic mass is 10.1. The first-order valence-corrected chi connectivity index (χ1v) is 10.2. The molecular formula is C25H21N3O4. The van der Waals surface area contributed by atoms with E-state index in [9.17, 15) is 9.59 Å². The molecule has 0 aliphatic heterocycles. The molecule has 0 radical (unpaired) electrons. The van der Waals surface area contributed by atoms with E-state index in [1.165, 1.54) is 7.11 Å². The number of methoxy groups -OCH3 is 2. The summed E-state index contributed by atoms with van der Waals surface area (Å²) in [5.41, 5.74) is 2.94. The fourth-order valence-corrected chi connectivity index (χ4v) is 4.26. The van der Waals surface area contributed by atoms with Gasteiger partial charge in [-0.3, -0.25) is 14.2 Å². The minimum atomic E-state index is -0.245. The second-order valence-corrected chi connectivity index (χ2v) is 7.64. The van der Waals surface area contributed by atoms with Gasteiger partial charge in [0.05, 0.1) is 36.2 Å². The van der Waals surface area contributed by atoms with Crippen molar-refractivity contribution in [2.45, 2.75) is 13.3 Å². The molecule has 0 fully saturated rings. The van der Waals surface area contributed by atoms with E-state index in [1.807, 2.05) is 42.5 Å². The van der Waals surface area contributed by atoms with Crippen molar-refractivity contribution in [1.29, 1.82) is 0 Å². The first-order chi connectivity index (χ1) is 15.5. The van der Waals surface area contributed by atoms with Crippen LogP contribution in [0.5, 0.6) is 11.5 Å². The van der Waals surface area contributed by atoms with Crippen molar-refractivity contribution in [1.82, 2.24) is 14.5 Å². The van der Waals surface area contributed by atoms with Crippen molar-refractivity contribution >= 4 is 38.6 Å². The van der Waals surface area contributed by atoms with E-state index in [0.717, 1.165) is 27.4 Å². The van der Waals surface area contributed by atoms with E-state index in [2.05, 4.69) is 9.97 Å². The van der Waals surface area contributed by atoms with Crippen molar-refractivity contribution < 1.29 is 14.3 Å². The number of fused-ring (bicyclic) bond motifs is 4. The van der Waals surface area contributed by atoms with Crippen molar-refractivity contribution in [3.05, 3.63) is 76.3 Å². The minimum absolute atomic E-state index is 0.0494. The van der Waals surface area contributed by atoms with Crippen LogP contribution in [0.4, 0.5) is 0 Å². The Morgan fingerprint density at radius 3 is 2.41 bits per heavy atom. The third-order valence-electron chi connectivity index (χ3n) is 5.68. The van der Waals surface area contributed by atoms with Gasteiger partial charge in [-0.2, -0.15) is 0 Å². The van der Waals surface area contributed by atoms with Crippen LogP contribution in [0.3, 0.4) is 0 Å². The lowest BCUT2D eigenvalue weighted by Gasteiger charge is -2.09. The number of carbonyl (C=O) groups excluding carboxylic acids is 1. The number of aromatic amines is 1. The molecule has 0 saturated heterocycles. The zero-order chi connectivity index (χ0) is 22.4. The molecule has 0 spiro atoms. The van der Waals surface area contributed by atoms with Gasteiger partial charge in [0.2, 0.25) is 5.91 Å². The van der Waals surface area contributed by atoms with Crippen LogP contribution in [0.1, 0.15) is 23.1 Å². The Balaban J connectivity index is 1.62. The Morgan fingerprint density at radius 2 is 1.66 bits per heavy atom. The third-order valence-corrected chi connectivity index (χ3v) is 5.68. The zero-order valence-electron chi connectivity index (χ0n) is 17.9. The average Bonchev–Trinajstić information content (AvgIpc) is 3.12. The van der Waals surface area contributed by atoms with Crippen LogP contribution in [0, 0.1) is 0 Å². The fraction of sp³-hybridized carbons (Fsp3) is 0.160. The fourth-order valence-electron chi connectivity index (χ4n) is 4.26. The number of hydrogen-bond acceptors (Lipinski definition) is 5. The maximum Gasteiger partial charge on any atom is 0.258 e. The molecule has 32 heavy (non-hydrogen) atoms. The summed E-state index contributed by atoms with van der Waals surface area (Å²) in [6.07, 6.45) is 0.412. The molecule has 0 saturated carbocycles. The first kappa shape index (κ1) is 19.8. The van der Waals surface area contributed by atoms with Gasteiger partial charge in [0, 0.05) is 30.2 Å². The Bertz CT molecular complexity index is 1580.